The fourth-order valence-corrected chi connectivity index (χ4v) is 4.07. The van der Waals surface area contributed by atoms with Gasteiger partial charge in [-0.2, -0.15) is 0 Å². The predicted molar refractivity (Wildman–Crippen MR) is 97.5 cm³/mol. The number of amides is 1. The average Bonchev–Trinajstić information content (AvgIpc) is 2.93. The molecule has 118 valence electrons. The van der Waals surface area contributed by atoms with Crippen LogP contribution in [0.15, 0.2) is 30.3 Å². The third kappa shape index (κ3) is 2.73. The van der Waals surface area contributed by atoms with Gasteiger partial charge in [-0.15, -0.1) is 11.3 Å². The highest BCUT2D eigenvalue weighted by Gasteiger charge is 2.23. The minimum absolute atomic E-state index is 0.0671. The van der Waals surface area contributed by atoms with Gasteiger partial charge in [0.25, 0.3) is 5.91 Å². The monoisotopic (exact) mass is 344 g/mol. The van der Waals surface area contributed by atoms with Gasteiger partial charge in [-0.1, -0.05) is 41.9 Å². The maximum Gasteiger partial charge on any atom is 0.262 e. The summed E-state index contributed by atoms with van der Waals surface area (Å²) in [6.45, 7) is 6.38. The summed E-state index contributed by atoms with van der Waals surface area (Å²) in [4.78, 5) is 18.7. The lowest BCUT2D eigenvalue weighted by Crippen LogP contribution is -2.22. The summed E-state index contributed by atoms with van der Waals surface area (Å²) in [6, 6.07) is 9.93. The number of fused-ring (bicyclic) bond motifs is 1. The van der Waals surface area contributed by atoms with Crippen LogP contribution in [0, 0.1) is 13.8 Å². The van der Waals surface area contributed by atoms with Crippen molar-refractivity contribution < 1.29 is 4.79 Å². The number of nitrogens with one attached hydrogen (secondary N) is 1. The molecule has 1 N–H and O–H groups in total. The van der Waals surface area contributed by atoms with Gasteiger partial charge in [0.1, 0.15) is 9.71 Å². The molecule has 0 saturated heterocycles. The normalized spacial score (nSPS) is 11.0. The summed E-state index contributed by atoms with van der Waals surface area (Å²) < 4.78 is 0. The zero-order chi connectivity index (χ0) is 16.6. The number of aromatic nitrogens is 1. The van der Waals surface area contributed by atoms with E-state index in [2.05, 4.69) is 10.3 Å². The molecule has 0 aliphatic heterocycles. The fraction of sp³-hybridized carbons (Fsp3) is 0.222. The number of benzene rings is 1. The van der Waals surface area contributed by atoms with Crippen LogP contribution in [0.2, 0.25) is 5.02 Å². The number of hydrogen-bond acceptors (Lipinski definition) is 3. The molecule has 0 atom stereocenters. The van der Waals surface area contributed by atoms with E-state index in [-0.39, 0.29) is 5.91 Å². The van der Waals surface area contributed by atoms with Crippen molar-refractivity contribution in [3.8, 4) is 11.1 Å². The number of nitrogens with zero attached hydrogens (tertiary/aromatic N) is 1. The molecule has 3 nitrogen and oxygen atoms in total. The van der Waals surface area contributed by atoms with E-state index in [1.54, 1.807) is 0 Å². The first-order chi connectivity index (χ1) is 11.0. The van der Waals surface area contributed by atoms with Gasteiger partial charge >= 0.3 is 0 Å². The minimum Gasteiger partial charge on any atom is -0.352 e. The molecular weight excluding hydrogens is 328 g/mol. The number of carbonyl (C=O) groups excluding carboxylic acids is 1. The summed E-state index contributed by atoms with van der Waals surface area (Å²) in [5, 5.41) is 4.52. The van der Waals surface area contributed by atoms with Gasteiger partial charge in [0.15, 0.2) is 0 Å². The second kappa shape index (κ2) is 6.30. The Morgan fingerprint density at radius 3 is 2.61 bits per heavy atom. The van der Waals surface area contributed by atoms with Crippen LogP contribution in [0.25, 0.3) is 21.3 Å². The van der Waals surface area contributed by atoms with Crippen molar-refractivity contribution >= 4 is 39.1 Å². The highest BCUT2D eigenvalue weighted by Crippen LogP contribution is 2.42. The Hall–Kier alpha value is -1.91. The summed E-state index contributed by atoms with van der Waals surface area (Å²) in [7, 11) is 0. The maximum absolute atomic E-state index is 12.5. The zero-order valence-corrected chi connectivity index (χ0v) is 14.8. The summed E-state index contributed by atoms with van der Waals surface area (Å²) >= 11 is 7.83. The van der Waals surface area contributed by atoms with E-state index in [4.69, 9.17) is 11.6 Å². The Labute approximate surface area is 144 Å². The smallest absolute Gasteiger partial charge is 0.262 e. The first-order valence-electron chi connectivity index (χ1n) is 7.47. The molecule has 2 heterocycles. The van der Waals surface area contributed by atoms with E-state index in [9.17, 15) is 4.79 Å². The second-order valence-electron chi connectivity index (χ2n) is 5.35. The highest BCUT2D eigenvalue weighted by molar-refractivity contribution is 7.21. The second-order valence-corrected chi connectivity index (χ2v) is 6.73. The summed E-state index contributed by atoms with van der Waals surface area (Å²) in [5.41, 5.74) is 3.69. The van der Waals surface area contributed by atoms with Crippen molar-refractivity contribution in [2.75, 3.05) is 6.54 Å². The van der Waals surface area contributed by atoms with Crippen LogP contribution in [-0.2, 0) is 0 Å². The van der Waals surface area contributed by atoms with Crippen molar-refractivity contribution in [1.82, 2.24) is 10.3 Å². The molecule has 0 aliphatic rings. The largest absolute Gasteiger partial charge is 0.352 e. The maximum atomic E-state index is 12.5. The molecule has 3 rings (SSSR count). The third-order valence-electron chi connectivity index (χ3n) is 3.79. The van der Waals surface area contributed by atoms with E-state index < -0.39 is 0 Å². The van der Waals surface area contributed by atoms with Gasteiger partial charge in [0.2, 0.25) is 0 Å². The molecule has 23 heavy (non-hydrogen) atoms. The van der Waals surface area contributed by atoms with Gasteiger partial charge in [0, 0.05) is 17.5 Å². The lowest BCUT2D eigenvalue weighted by molar-refractivity contribution is 0.0960. The fourth-order valence-electron chi connectivity index (χ4n) is 2.71. The molecule has 0 saturated carbocycles. The van der Waals surface area contributed by atoms with Crippen LogP contribution in [0.4, 0.5) is 0 Å². The lowest BCUT2D eigenvalue weighted by Gasteiger charge is -2.08. The quantitative estimate of drug-likeness (QED) is 0.727. The highest BCUT2D eigenvalue weighted by atomic mass is 35.5. The Balaban J connectivity index is 2.39. The number of pyridine rings is 1. The predicted octanol–water partition coefficient (Wildman–Crippen LogP) is 4.98. The Bertz CT molecular complexity index is 887. The van der Waals surface area contributed by atoms with Gasteiger partial charge in [-0.05, 0) is 31.9 Å². The van der Waals surface area contributed by atoms with Crippen LogP contribution < -0.4 is 5.32 Å². The SMILES string of the molecule is CCNC(=O)c1sc2nc(C)c(Cl)c(C)c2c1-c1ccccc1. The number of aryl methyl sites for hydroxylation is 2. The van der Waals surface area contributed by atoms with Gasteiger partial charge < -0.3 is 5.32 Å². The molecule has 0 spiro atoms. The number of rotatable bonds is 3. The zero-order valence-electron chi connectivity index (χ0n) is 13.2. The summed E-state index contributed by atoms with van der Waals surface area (Å²) in [6.07, 6.45) is 0. The van der Waals surface area contributed by atoms with Crippen molar-refractivity contribution in [3.05, 3.63) is 51.5 Å². The first-order valence-corrected chi connectivity index (χ1v) is 8.66. The van der Waals surface area contributed by atoms with Crippen LogP contribution in [0.5, 0.6) is 0 Å². The molecule has 1 aromatic carbocycles. The van der Waals surface area contributed by atoms with E-state index >= 15 is 0 Å². The third-order valence-corrected chi connectivity index (χ3v) is 5.43. The van der Waals surface area contributed by atoms with Gasteiger partial charge in [-0.25, -0.2) is 4.98 Å². The topological polar surface area (TPSA) is 42.0 Å². The molecule has 1 amide bonds. The van der Waals surface area contributed by atoms with Crippen molar-refractivity contribution in [2.24, 2.45) is 0 Å². The van der Waals surface area contributed by atoms with E-state index in [1.165, 1.54) is 11.3 Å². The van der Waals surface area contributed by atoms with Crippen LogP contribution in [0.3, 0.4) is 0 Å². The molecule has 3 aromatic rings. The number of thiophene rings is 1. The number of carbonyl (C=O) groups is 1. The minimum atomic E-state index is -0.0671. The van der Waals surface area contributed by atoms with Crippen LogP contribution in [-0.4, -0.2) is 17.4 Å². The first kappa shape index (κ1) is 16.0. The molecule has 0 bridgehead atoms. The molecular formula is C18H17ClN2OS. The lowest BCUT2D eigenvalue weighted by atomic mass is 9.99. The van der Waals surface area contributed by atoms with E-state index in [1.807, 2.05) is 51.1 Å². The van der Waals surface area contributed by atoms with Crippen molar-refractivity contribution in [3.63, 3.8) is 0 Å². The Kier molecular flexibility index (Phi) is 4.37. The Morgan fingerprint density at radius 2 is 1.96 bits per heavy atom. The summed E-state index contributed by atoms with van der Waals surface area (Å²) in [5.74, 6) is -0.0671. The van der Waals surface area contributed by atoms with E-state index in [0.29, 0.717) is 16.4 Å². The average molecular weight is 345 g/mol. The van der Waals surface area contributed by atoms with Crippen molar-refractivity contribution in [1.29, 1.82) is 0 Å². The van der Waals surface area contributed by atoms with Crippen molar-refractivity contribution in [2.45, 2.75) is 20.8 Å². The molecule has 0 aliphatic carbocycles. The van der Waals surface area contributed by atoms with Gasteiger partial charge in [0.05, 0.1) is 10.7 Å². The van der Waals surface area contributed by atoms with Crippen LogP contribution in [0.1, 0.15) is 27.9 Å². The molecule has 5 heteroatoms. The molecule has 0 unspecified atom stereocenters. The number of hydrogen-bond donors (Lipinski definition) is 1. The molecule has 2 aromatic heterocycles. The number of halogens is 1. The van der Waals surface area contributed by atoms with Crippen LogP contribution >= 0.6 is 22.9 Å². The standard InChI is InChI=1S/C18H17ClN2OS/c1-4-20-17(22)16-14(12-8-6-5-7-9-12)13-10(2)15(19)11(3)21-18(13)23-16/h5-9H,4H2,1-3H3,(H,20,22). The van der Waals surface area contributed by atoms with Gasteiger partial charge in [-0.3, -0.25) is 4.79 Å². The molecule has 0 fully saturated rings. The van der Waals surface area contributed by atoms with E-state index in [0.717, 1.165) is 32.6 Å². The molecule has 0 radical (unpaired) electrons. The Morgan fingerprint density at radius 1 is 1.26 bits per heavy atom.